The van der Waals surface area contributed by atoms with Crippen molar-refractivity contribution in [2.75, 3.05) is 20.6 Å². The minimum Gasteiger partial charge on any atom is -0.350 e. The van der Waals surface area contributed by atoms with E-state index in [-0.39, 0.29) is 11.9 Å². The predicted molar refractivity (Wildman–Crippen MR) is 84.3 cm³/mol. The number of hydrogen-bond donors (Lipinski definition) is 1. The second-order valence-electron chi connectivity index (χ2n) is 5.02. The quantitative estimate of drug-likeness (QED) is 0.917. The highest BCUT2D eigenvalue weighted by atomic mass is 32.1. The molecule has 0 bridgehead atoms. The lowest BCUT2D eigenvalue weighted by Crippen LogP contribution is -2.34. The number of nitrogens with one attached hydrogen (secondary N) is 1. The fraction of sp³-hybridized carbons (Fsp3) is 0.312. The van der Waals surface area contributed by atoms with E-state index in [1.807, 2.05) is 51.4 Å². The number of thiophene rings is 1. The first-order valence-electron chi connectivity index (χ1n) is 6.63. The first-order valence-corrected chi connectivity index (χ1v) is 7.51. The van der Waals surface area contributed by atoms with Gasteiger partial charge in [0.05, 0.1) is 6.04 Å². The lowest BCUT2D eigenvalue weighted by Gasteiger charge is -2.23. The number of amides is 1. The molecule has 1 N–H and O–H groups in total. The maximum absolute atomic E-state index is 12.2. The summed E-state index contributed by atoms with van der Waals surface area (Å²) in [4.78, 5) is 15.6. The average Bonchev–Trinajstić information content (AvgIpc) is 2.92. The van der Waals surface area contributed by atoms with E-state index in [1.54, 1.807) is 11.3 Å². The third kappa shape index (κ3) is 3.46. The number of rotatable bonds is 5. The van der Waals surface area contributed by atoms with Gasteiger partial charge in [0, 0.05) is 17.0 Å². The van der Waals surface area contributed by atoms with Crippen LogP contribution < -0.4 is 5.32 Å². The molecule has 0 saturated carbocycles. The van der Waals surface area contributed by atoms with E-state index in [2.05, 4.69) is 21.7 Å². The van der Waals surface area contributed by atoms with Gasteiger partial charge in [0.15, 0.2) is 0 Å². The van der Waals surface area contributed by atoms with E-state index in [4.69, 9.17) is 0 Å². The molecular weight excluding hydrogens is 268 g/mol. The van der Waals surface area contributed by atoms with Crippen LogP contribution in [-0.2, 0) is 0 Å². The van der Waals surface area contributed by atoms with Crippen molar-refractivity contribution >= 4 is 17.2 Å². The third-order valence-electron chi connectivity index (χ3n) is 3.34. The molecule has 1 unspecified atom stereocenters. The number of benzene rings is 1. The maximum atomic E-state index is 12.2. The zero-order chi connectivity index (χ0) is 14.5. The van der Waals surface area contributed by atoms with Crippen molar-refractivity contribution in [2.45, 2.75) is 13.0 Å². The van der Waals surface area contributed by atoms with Gasteiger partial charge in [-0.05, 0) is 44.1 Å². The second kappa shape index (κ2) is 6.68. The summed E-state index contributed by atoms with van der Waals surface area (Å²) < 4.78 is 0. The summed E-state index contributed by atoms with van der Waals surface area (Å²) in [5.41, 5.74) is 1.75. The Morgan fingerprint density at radius 1 is 1.25 bits per heavy atom. The average molecular weight is 288 g/mol. The summed E-state index contributed by atoms with van der Waals surface area (Å²) in [6.07, 6.45) is 0. The van der Waals surface area contributed by atoms with Crippen molar-refractivity contribution in [3.8, 4) is 0 Å². The normalized spacial score (nSPS) is 12.4. The minimum absolute atomic E-state index is 0.00786. The highest BCUT2D eigenvalue weighted by molar-refractivity contribution is 7.10. The minimum atomic E-state index is -0.00786. The lowest BCUT2D eigenvalue weighted by molar-refractivity contribution is 0.0941. The molecule has 3 nitrogen and oxygen atoms in total. The molecule has 2 rings (SSSR count). The number of carbonyl (C=O) groups excluding carboxylic acids is 1. The Hall–Kier alpha value is -1.65. The zero-order valence-electron chi connectivity index (χ0n) is 12.1. The molecule has 1 heterocycles. The van der Waals surface area contributed by atoms with Gasteiger partial charge in [0.2, 0.25) is 0 Å². The van der Waals surface area contributed by atoms with Crippen molar-refractivity contribution in [1.29, 1.82) is 0 Å². The summed E-state index contributed by atoms with van der Waals surface area (Å²) in [7, 11) is 4.06. The van der Waals surface area contributed by atoms with Gasteiger partial charge in [0.1, 0.15) is 0 Å². The molecule has 20 heavy (non-hydrogen) atoms. The van der Waals surface area contributed by atoms with Gasteiger partial charge in [-0.3, -0.25) is 4.79 Å². The van der Waals surface area contributed by atoms with E-state index < -0.39 is 0 Å². The molecule has 0 aliphatic carbocycles. The first-order chi connectivity index (χ1) is 9.59. The molecule has 0 aliphatic heterocycles. The summed E-state index contributed by atoms with van der Waals surface area (Å²) in [5, 5.41) is 5.10. The zero-order valence-corrected chi connectivity index (χ0v) is 12.9. The Labute approximate surface area is 124 Å². The Morgan fingerprint density at radius 3 is 2.60 bits per heavy atom. The first kappa shape index (κ1) is 14.8. The highest BCUT2D eigenvalue weighted by Gasteiger charge is 2.17. The second-order valence-corrected chi connectivity index (χ2v) is 6.00. The predicted octanol–water partition coefficient (Wildman–Crippen LogP) is 3.09. The van der Waals surface area contributed by atoms with Crippen molar-refractivity contribution < 1.29 is 4.79 Å². The summed E-state index contributed by atoms with van der Waals surface area (Å²) in [6, 6.07) is 12.0. The summed E-state index contributed by atoms with van der Waals surface area (Å²) in [6.45, 7) is 2.57. The number of hydrogen-bond acceptors (Lipinski definition) is 3. The van der Waals surface area contributed by atoms with Crippen LogP contribution in [0.2, 0.25) is 0 Å². The van der Waals surface area contributed by atoms with E-state index in [9.17, 15) is 4.79 Å². The van der Waals surface area contributed by atoms with E-state index in [1.165, 1.54) is 4.88 Å². The molecule has 1 atom stereocenters. The van der Waals surface area contributed by atoms with Crippen LogP contribution in [0, 0.1) is 6.92 Å². The molecule has 1 aromatic heterocycles. The Morgan fingerprint density at radius 2 is 2.00 bits per heavy atom. The van der Waals surface area contributed by atoms with Gasteiger partial charge in [0.25, 0.3) is 5.91 Å². The van der Waals surface area contributed by atoms with Crippen LogP contribution in [0.1, 0.15) is 26.8 Å². The van der Waals surface area contributed by atoms with Crippen molar-refractivity contribution in [3.05, 3.63) is 57.8 Å². The van der Waals surface area contributed by atoms with E-state index in [0.717, 1.165) is 11.1 Å². The molecule has 4 heteroatoms. The molecule has 2 aromatic rings. The van der Waals surface area contributed by atoms with Gasteiger partial charge >= 0.3 is 0 Å². The summed E-state index contributed by atoms with van der Waals surface area (Å²) >= 11 is 1.72. The molecular formula is C16H20N2OS. The van der Waals surface area contributed by atoms with Crippen molar-refractivity contribution in [3.63, 3.8) is 0 Å². The van der Waals surface area contributed by atoms with E-state index >= 15 is 0 Å². The Bertz CT molecular complexity index is 564. The molecule has 1 amide bonds. The molecule has 1 aromatic carbocycles. The van der Waals surface area contributed by atoms with Crippen LogP contribution in [0.4, 0.5) is 0 Å². The maximum Gasteiger partial charge on any atom is 0.251 e. The van der Waals surface area contributed by atoms with Gasteiger partial charge in [-0.1, -0.05) is 24.3 Å². The molecule has 106 valence electrons. The number of likely N-dealkylation sites (N-methyl/N-ethyl adjacent to an activating group) is 1. The van der Waals surface area contributed by atoms with Crippen LogP contribution in [0.3, 0.4) is 0 Å². The van der Waals surface area contributed by atoms with Gasteiger partial charge < -0.3 is 10.2 Å². The molecule has 0 aliphatic rings. The van der Waals surface area contributed by atoms with Crippen molar-refractivity contribution in [2.24, 2.45) is 0 Å². The number of aryl methyl sites for hydroxylation is 1. The standard InChI is InChI=1S/C16H20N2OS/c1-12-7-4-5-8-13(12)16(19)17-11-14(18(2)3)15-9-6-10-20-15/h4-10,14H,11H2,1-3H3,(H,17,19). The SMILES string of the molecule is Cc1ccccc1C(=O)NCC(c1cccs1)N(C)C. The van der Waals surface area contributed by atoms with Gasteiger partial charge in [-0.15, -0.1) is 11.3 Å². The number of nitrogens with zero attached hydrogens (tertiary/aromatic N) is 1. The molecule has 0 radical (unpaired) electrons. The lowest BCUT2D eigenvalue weighted by atomic mass is 10.1. The Balaban J connectivity index is 2.03. The van der Waals surface area contributed by atoms with Gasteiger partial charge in [-0.25, -0.2) is 0 Å². The molecule has 0 fully saturated rings. The Kier molecular flexibility index (Phi) is 4.93. The number of carbonyl (C=O) groups is 1. The molecule has 0 spiro atoms. The van der Waals surface area contributed by atoms with Crippen LogP contribution in [0.25, 0.3) is 0 Å². The topological polar surface area (TPSA) is 32.3 Å². The fourth-order valence-corrected chi connectivity index (χ4v) is 3.05. The summed E-state index contributed by atoms with van der Waals surface area (Å²) in [5.74, 6) is -0.00786. The highest BCUT2D eigenvalue weighted by Crippen LogP contribution is 2.22. The van der Waals surface area contributed by atoms with Crippen LogP contribution in [-0.4, -0.2) is 31.4 Å². The smallest absolute Gasteiger partial charge is 0.251 e. The van der Waals surface area contributed by atoms with Crippen LogP contribution in [0.15, 0.2) is 41.8 Å². The van der Waals surface area contributed by atoms with Crippen LogP contribution in [0.5, 0.6) is 0 Å². The monoisotopic (exact) mass is 288 g/mol. The molecule has 0 saturated heterocycles. The van der Waals surface area contributed by atoms with Crippen LogP contribution >= 0.6 is 11.3 Å². The van der Waals surface area contributed by atoms with E-state index in [0.29, 0.717) is 6.54 Å². The largest absolute Gasteiger partial charge is 0.350 e. The fourth-order valence-electron chi connectivity index (χ4n) is 2.13. The van der Waals surface area contributed by atoms with Crippen molar-refractivity contribution in [1.82, 2.24) is 10.2 Å². The van der Waals surface area contributed by atoms with Gasteiger partial charge in [-0.2, -0.15) is 0 Å². The third-order valence-corrected chi connectivity index (χ3v) is 4.31.